The largest absolute Gasteiger partial charge is 0.503 e. The molecule has 0 aliphatic heterocycles. The molecule has 0 saturated heterocycles. The molecule has 29 heavy (non-hydrogen) atoms. The van der Waals surface area contributed by atoms with E-state index in [9.17, 15) is 4.79 Å². The fourth-order valence-corrected chi connectivity index (χ4v) is 5.02. The predicted octanol–water partition coefficient (Wildman–Crippen LogP) is 6.67. The topological polar surface area (TPSA) is 54.0 Å². The highest BCUT2D eigenvalue weighted by atomic mass is 28.4. The van der Waals surface area contributed by atoms with E-state index in [-0.39, 0.29) is 5.97 Å². The van der Waals surface area contributed by atoms with Gasteiger partial charge < -0.3 is 18.0 Å². The normalized spacial score (nSPS) is 11.7. The average Bonchev–Trinajstić information content (AvgIpc) is 2.74. The van der Waals surface area contributed by atoms with Crippen LogP contribution in [-0.4, -0.2) is 42.7 Å². The van der Waals surface area contributed by atoms with Crippen LogP contribution in [0.2, 0.25) is 6.04 Å². The molecule has 0 spiro atoms. The minimum Gasteiger partial charge on any atom is -0.466 e. The molecule has 174 valence electrons. The van der Waals surface area contributed by atoms with Crippen LogP contribution < -0.4 is 0 Å². The van der Waals surface area contributed by atoms with E-state index in [1.807, 2.05) is 0 Å². The summed E-state index contributed by atoms with van der Waals surface area (Å²) < 4.78 is 21.2. The van der Waals surface area contributed by atoms with Gasteiger partial charge in [0.1, 0.15) is 0 Å². The summed E-state index contributed by atoms with van der Waals surface area (Å²) in [7, 11) is 2.06. The standard InChI is InChI=1S/C23H48O5Si/c1-5-6-7-8-9-10-11-12-13-14-15-16-17-18-19-20-23(24)28-21-22-29(25-2,26-3)27-4/h5-22H2,1-4H3. The van der Waals surface area contributed by atoms with Crippen LogP contribution in [0.3, 0.4) is 0 Å². The SMILES string of the molecule is CCCCCCCCCCCCCCCCCC(=O)OCC[Si](OC)(OC)OC. The van der Waals surface area contributed by atoms with Gasteiger partial charge in [0.05, 0.1) is 12.7 Å². The summed E-state index contributed by atoms with van der Waals surface area (Å²) in [6, 6.07) is 0.487. The summed E-state index contributed by atoms with van der Waals surface area (Å²) in [5, 5.41) is 0. The molecule has 0 aliphatic carbocycles. The van der Waals surface area contributed by atoms with Crippen LogP contribution in [0.25, 0.3) is 0 Å². The number of hydrogen-bond donors (Lipinski definition) is 0. The van der Waals surface area contributed by atoms with E-state index < -0.39 is 8.80 Å². The van der Waals surface area contributed by atoms with Gasteiger partial charge in [0.2, 0.25) is 0 Å². The molecule has 0 amide bonds. The van der Waals surface area contributed by atoms with Gasteiger partial charge in [-0.1, -0.05) is 96.8 Å². The van der Waals surface area contributed by atoms with Crippen molar-refractivity contribution in [2.24, 2.45) is 0 Å². The van der Waals surface area contributed by atoms with Crippen LogP contribution in [-0.2, 0) is 22.8 Å². The van der Waals surface area contributed by atoms with Crippen molar-refractivity contribution in [3.05, 3.63) is 0 Å². The molecule has 0 fully saturated rings. The van der Waals surface area contributed by atoms with Crippen molar-refractivity contribution in [2.45, 2.75) is 116 Å². The van der Waals surface area contributed by atoms with Crippen molar-refractivity contribution in [3.63, 3.8) is 0 Å². The third-order valence-electron chi connectivity index (χ3n) is 5.59. The Bertz CT molecular complexity index is 353. The summed E-state index contributed by atoms with van der Waals surface area (Å²) in [4.78, 5) is 11.8. The van der Waals surface area contributed by atoms with E-state index >= 15 is 0 Å². The van der Waals surface area contributed by atoms with E-state index in [0.29, 0.717) is 19.1 Å². The van der Waals surface area contributed by atoms with Gasteiger partial charge in [-0.05, 0) is 6.42 Å². The van der Waals surface area contributed by atoms with E-state index in [0.717, 1.165) is 12.8 Å². The molecule has 0 saturated carbocycles. The van der Waals surface area contributed by atoms with Gasteiger partial charge in [-0.15, -0.1) is 0 Å². The Labute approximate surface area is 181 Å². The van der Waals surface area contributed by atoms with Gasteiger partial charge in [0, 0.05) is 27.8 Å². The first-order chi connectivity index (χ1) is 14.1. The van der Waals surface area contributed by atoms with Gasteiger partial charge in [-0.25, -0.2) is 0 Å². The van der Waals surface area contributed by atoms with Gasteiger partial charge in [-0.3, -0.25) is 4.79 Å². The molecular weight excluding hydrogens is 384 g/mol. The minimum absolute atomic E-state index is 0.133. The summed E-state index contributed by atoms with van der Waals surface area (Å²) in [6.45, 7) is 2.56. The van der Waals surface area contributed by atoms with Crippen LogP contribution in [0.5, 0.6) is 0 Å². The fourth-order valence-electron chi connectivity index (χ4n) is 3.56. The smallest absolute Gasteiger partial charge is 0.466 e. The Morgan fingerprint density at radius 1 is 0.621 bits per heavy atom. The molecule has 0 aromatic carbocycles. The number of unbranched alkanes of at least 4 members (excludes halogenated alkanes) is 14. The third-order valence-corrected chi connectivity index (χ3v) is 8.27. The second-order valence-corrected chi connectivity index (χ2v) is 11.1. The van der Waals surface area contributed by atoms with Crippen LogP contribution in [0, 0.1) is 0 Å². The Morgan fingerprint density at radius 2 is 1.00 bits per heavy atom. The highest BCUT2D eigenvalue weighted by Gasteiger charge is 2.37. The minimum atomic E-state index is -2.64. The van der Waals surface area contributed by atoms with Crippen LogP contribution >= 0.6 is 0 Å². The van der Waals surface area contributed by atoms with E-state index in [1.165, 1.54) is 83.5 Å². The lowest BCUT2D eigenvalue weighted by atomic mass is 10.0. The van der Waals surface area contributed by atoms with Gasteiger partial charge in [0.25, 0.3) is 0 Å². The molecule has 6 heteroatoms. The first-order valence-corrected chi connectivity index (χ1v) is 13.9. The lowest BCUT2D eigenvalue weighted by Crippen LogP contribution is -2.43. The fraction of sp³-hybridized carbons (Fsp3) is 0.957. The van der Waals surface area contributed by atoms with Crippen LogP contribution in [0.4, 0.5) is 0 Å². The van der Waals surface area contributed by atoms with Crippen molar-refractivity contribution in [1.82, 2.24) is 0 Å². The first kappa shape index (κ1) is 28.6. The highest BCUT2D eigenvalue weighted by molar-refractivity contribution is 6.60. The molecule has 0 unspecified atom stereocenters. The predicted molar refractivity (Wildman–Crippen MR) is 122 cm³/mol. The molecule has 0 atom stereocenters. The Hall–Kier alpha value is -0.433. The van der Waals surface area contributed by atoms with Gasteiger partial charge >= 0.3 is 14.8 Å². The molecule has 0 aromatic rings. The van der Waals surface area contributed by atoms with Crippen molar-refractivity contribution in [2.75, 3.05) is 27.9 Å². The Morgan fingerprint density at radius 3 is 1.38 bits per heavy atom. The van der Waals surface area contributed by atoms with E-state index in [2.05, 4.69) is 6.92 Å². The maximum Gasteiger partial charge on any atom is 0.503 e. The first-order valence-electron chi connectivity index (χ1n) is 11.9. The van der Waals surface area contributed by atoms with Crippen molar-refractivity contribution >= 4 is 14.8 Å². The molecular formula is C23H48O5Si. The maximum absolute atomic E-state index is 11.8. The lowest BCUT2D eigenvalue weighted by Gasteiger charge is -2.23. The number of hydrogen-bond acceptors (Lipinski definition) is 5. The molecule has 0 N–H and O–H groups in total. The summed E-state index contributed by atoms with van der Waals surface area (Å²) in [5.41, 5.74) is 0. The molecule has 0 heterocycles. The second-order valence-electron chi connectivity index (χ2n) is 7.97. The molecule has 5 nitrogen and oxygen atoms in total. The van der Waals surface area contributed by atoms with Gasteiger partial charge in [-0.2, -0.15) is 0 Å². The van der Waals surface area contributed by atoms with Crippen LogP contribution in [0.1, 0.15) is 110 Å². The summed E-state index contributed by atoms with van der Waals surface area (Å²) in [6.07, 6.45) is 20.4. The number of ether oxygens (including phenoxy) is 1. The lowest BCUT2D eigenvalue weighted by molar-refractivity contribution is -0.143. The number of esters is 1. The zero-order chi connectivity index (χ0) is 21.6. The molecule has 0 aromatic heterocycles. The molecule has 0 bridgehead atoms. The zero-order valence-electron chi connectivity index (χ0n) is 19.8. The van der Waals surface area contributed by atoms with Crippen LogP contribution in [0.15, 0.2) is 0 Å². The maximum atomic E-state index is 11.8. The van der Waals surface area contributed by atoms with E-state index in [1.54, 1.807) is 21.3 Å². The third kappa shape index (κ3) is 17.0. The summed E-state index contributed by atoms with van der Waals surface area (Å²) in [5.74, 6) is -0.133. The summed E-state index contributed by atoms with van der Waals surface area (Å²) >= 11 is 0. The van der Waals surface area contributed by atoms with Gasteiger partial charge in [0.15, 0.2) is 0 Å². The monoisotopic (exact) mass is 432 g/mol. The molecule has 0 rings (SSSR count). The molecule has 0 aliphatic rings. The highest BCUT2D eigenvalue weighted by Crippen LogP contribution is 2.15. The Balaban J connectivity index is 3.35. The molecule has 0 radical (unpaired) electrons. The number of rotatable bonds is 22. The Kier molecular flexibility index (Phi) is 20.5. The quantitative estimate of drug-likeness (QED) is 0.109. The van der Waals surface area contributed by atoms with Crippen molar-refractivity contribution < 1.29 is 22.8 Å². The van der Waals surface area contributed by atoms with E-state index in [4.69, 9.17) is 18.0 Å². The zero-order valence-corrected chi connectivity index (χ0v) is 20.8. The number of carbonyl (C=O) groups is 1. The number of carbonyl (C=O) groups excluding carboxylic acids is 1. The van der Waals surface area contributed by atoms with Crippen molar-refractivity contribution in [1.29, 1.82) is 0 Å². The van der Waals surface area contributed by atoms with Crippen molar-refractivity contribution in [3.8, 4) is 0 Å². The average molecular weight is 433 g/mol. The second kappa shape index (κ2) is 20.8.